The number of likely N-dealkylation sites (tertiary alicyclic amines) is 1. The Balaban J connectivity index is 1.83. The van der Waals surface area contributed by atoms with Gasteiger partial charge in [-0.2, -0.15) is 13.2 Å². The second-order valence-corrected chi connectivity index (χ2v) is 9.22. The maximum absolute atomic E-state index is 13.0. The maximum Gasteiger partial charge on any atom is 0.425 e. The highest BCUT2D eigenvalue weighted by Crippen LogP contribution is 2.41. The average molecular weight is 401 g/mol. The molecule has 150 valence electrons. The third kappa shape index (κ3) is 3.92. The maximum atomic E-state index is 13.0. The fourth-order valence-corrected chi connectivity index (χ4v) is 4.82. The molecule has 0 amide bonds. The van der Waals surface area contributed by atoms with Crippen molar-refractivity contribution in [1.82, 2.24) is 19.7 Å². The van der Waals surface area contributed by atoms with Gasteiger partial charge in [0.05, 0.1) is 5.41 Å². The van der Waals surface area contributed by atoms with Crippen LogP contribution in [0, 0.1) is 0 Å². The number of rotatable bonds is 4. The van der Waals surface area contributed by atoms with Crippen LogP contribution < -0.4 is 0 Å². The quantitative estimate of drug-likeness (QED) is 0.739. The number of halogens is 3. The van der Waals surface area contributed by atoms with E-state index < -0.39 is 16.5 Å². The van der Waals surface area contributed by atoms with Crippen molar-refractivity contribution in [1.29, 1.82) is 0 Å². The summed E-state index contributed by atoms with van der Waals surface area (Å²) in [6.07, 6.45) is -2.25. The van der Waals surface area contributed by atoms with E-state index in [9.17, 15) is 13.2 Å². The summed E-state index contributed by atoms with van der Waals surface area (Å²) in [6.45, 7) is 10.3. The minimum atomic E-state index is -4.31. The van der Waals surface area contributed by atoms with Crippen molar-refractivity contribution in [2.45, 2.75) is 64.1 Å². The van der Waals surface area contributed by atoms with Crippen molar-refractivity contribution in [3.63, 3.8) is 0 Å². The number of piperidine rings is 1. The Hall–Kier alpha value is -1.41. The van der Waals surface area contributed by atoms with Crippen LogP contribution in [0.15, 0.2) is 12.1 Å². The average Bonchev–Trinajstić information content (AvgIpc) is 3.22. The second kappa shape index (κ2) is 7.20. The second-order valence-electron chi connectivity index (χ2n) is 8.13. The molecule has 0 saturated carbocycles. The summed E-state index contributed by atoms with van der Waals surface area (Å²) >= 11 is 0.786. The Kier molecular flexibility index (Phi) is 5.42. The van der Waals surface area contributed by atoms with E-state index in [1.165, 1.54) is 0 Å². The van der Waals surface area contributed by atoms with Crippen molar-refractivity contribution < 1.29 is 13.2 Å². The highest BCUT2D eigenvalue weighted by Gasteiger charge is 2.37. The van der Waals surface area contributed by atoms with Gasteiger partial charge < -0.3 is 9.47 Å². The highest BCUT2D eigenvalue weighted by molar-refractivity contribution is 7.12. The lowest BCUT2D eigenvalue weighted by Gasteiger charge is -2.34. The lowest BCUT2D eigenvalue weighted by Crippen LogP contribution is -2.38. The van der Waals surface area contributed by atoms with E-state index in [1.54, 1.807) is 6.07 Å². The molecular formula is C19H27F3N4S. The van der Waals surface area contributed by atoms with Gasteiger partial charge in [-0.1, -0.05) is 0 Å². The van der Waals surface area contributed by atoms with Crippen molar-refractivity contribution in [3.8, 4) is 0 Å². The molecule has 0 bridgehead atoms. The highest BCUT2D eigenvalue weighted by atomic mass is 32.1. The van der Waals surface area contributed by atoms with Gasteiger partial charge in [0.2, 0.25) is 0 Å². The third-order valence-corrected chi connectivity index (χ3v) is 7.05. The Morgan fingerprint density at radius 3 is 2.19 bits per heavy atom. The summed E-state index contributed by atoms with van der Waals surface area (Å²) in [6, 6.07) is 3.26. The van der Waals surface area contributed by atoms with E-state index in [1.807, 2.05) is 25.5 Å². The number of hydrogen-bond donors (Lipinski definition) is 0. The van der Waals surface area contributed by atoms with Gasteiger partial charge in [0.15, 0.2) is 0 Å². The van der Waals surface area contributed by atoms with Gasteiger partial charge in [-0.15, -0.1) is 21.5 Å². The predicted octanol–water partition coefficient (Wildman–Crippen LogP) is 4.81. The van der Waals surface area contributed by atoms with Crippen LogP contribution in [-0.2, 0) is 18.6 Å². The summed E-state index contributed by atoms with van der Waals surface area (Å²) in [4.78, 5) is 2.53. The SMILES string of the molecule is CC(C)N1CCC(c2nnc(C(C)(C)c3ccc(C(F)(F)F)s3)n2C)CC1. The topological polar surface area (TPSA) is 34.0 Å². The summed E-state index contributed by atoms with van der Waals surface area (Å²) in [5.41, 5.74) is -0.632. The zero-order valence-electron chi connectivity index (χ0n) is 16.5. The van der Waals surface area contributed by atoms with Crippen LogP contribution in [0.4, 0.5) is 13.2 Å². The van der Waals surface area contributed by atoms with Gasteiger partial charge >= 0.3 is 6.18 Å². The molecule has 0 aromatic carbocycles. The van der Waals surface area contributed by atoms with Gasteiger partial charge in [0, 0.05) is 23.9 Å². The molecule has 0 atom stereocenters. The van der Waals surface area contributed by atoms with E-state index in [0.29, 0.717) is 22.7 Å². The van der Waals surface area contributed by atoms with Crippen molar-refractivity contribution >= 4 is 11.3 Å². The molecule has 1 fully saturated rings. The Morgan fingerprint density at radius 1 is 1.07 bits per heavy atom. The van der Waals surface area contributed by atoms with Gasteiger partial charge in [-0.05, 0) is 65.8 Å². The number of hydrogen-bond acceptors (Lipinski definition) is 4. The van der Waals surface area contributed by atoms with Crippen LogP contribution in [0.2, 0.25) is 0 Å². The van der Waals surface area contributed by atoms with Crippen molar-refractivity contribution in [2.75, 3.05) is 13.1 Å². The third-order valence-electron chi connectivity index (χ3n) is 5.59. The van der Waals surface area contributed by atoms with Crippen LogP contribution in [-0.4, -0.2) is 38.8 Å². The molecule has 4 nitrogen and oxygen atoms in total. The van der Waals surface area contributed by atoms with E-state index in [2.05, 4.69) is 28.9 Å². The smallest absolute Gasteiger partial charge is 0.317 e. The van der Waals surface area contributed by atoms with E-state index in [4.69, 9.17) is 0 Å². The number of aromatic nitrogens is 3. The number of thiophene rings is 1. The summed E-state index contributed by atoms with van der Waals surface area (Å²) in [5.74, 6) is 1.99. The fourth-order valence-electron chi connectivity index (χ4n) is 3.85. The molecule has 1 aliphatic rings. The van der Waals surface area contributed by atoms with E-state index in [-0.39, 0.29) is 0 Å². The van der Waals surface area contributed by atoms with Gasteiger partial charge in [0.1, 0.15) is 16.5 Å². The lowest BCUT2D eigenvalue weighted by molar-refractivity contribution is -0.134. The van der Waals surface area contributed by atoms with Crippen LogP contribution in [0.25, 0.3) is 0 Å². The molecule has 0 aliphatic carbocycles. The van der Waals surface area contributed by atoms with Crippen molar-refractivity contribution in [2.24, 2.45) is 7.05 Å². The predicted molar refractivity (Wildman–Crippen MR) is 101 cm³/mol. The molecule has 3 heterocycles. The van der Waals surface area contributed by atoms with Gasteiger partial charge in [-0.25, -0.2) is 0 Å². The van der Waals surface area contributed by atoms with Crippen LogP contribution in [0.5, 0.6) is 0 Å². The normalized spacial score (nSPS) is 17.8. The van der Waals surface area contributed by atoms with E-state index in [0.717, 1.165) is 49.2 Å². The molecule has 3 rings (SSSR count). The molecule has 0 N–H and O–H groups in total. The molecule has 1 aliphatic heterocycles. The number of nitrogens with zero attached hydrogens (tertiary/aromatic N) is 4. The molecule has 0 spiro atoms. The summed E-state index contributed by atoms with van der Waals surface area (Å²) in [5, 5.41) is 8.82. The van der Waals surface area contributed by atoms with Crippen LogP contribution >= 0.6 is 11.3 Å². The van der Waals surface area contributed by atoms with Crippen LogP contribution in [0.3, 0.4) is 0 Å². The Bertz CT molecular complexity index is 783. The zero-order chi connectivity index (χ0) is 20.0. The minimum absolute atomic E-state index is 0.344. The zero-order valence-corrected chi connectivity index (χ0v) is 17.3. The number of alkyl halides is 3. The standard InChI is InChI=1S/C19H27F3N4S/c1-12(2)26-10-8-13(9-11-26)16-23-24-17(25(16)5)18(3,4)14-6-7-15(27-14)19(20,21)22/h6-7,12-13H,8-11H2,1-5H3. The molecule has 1 saturated heterocycles. The largest absolute Gasteiger partial charge is 0.425 e. The first-order chi connectivity index (χ1) is 12.5. The summed E-state index contributed by atoms with van der Waals surface area (Å²) < 4.78 is 40.9. The molecule has 0 unspecified atom stereocenters. The first-order valence-corrected chi connectivity index (χ1v) is 10.1. The molecular weight excluding hydrogens is 373 g/mol. The Morgan fingerprint density at radius 2 is 1.67 bits per heavy atom. The van der Waals surface area contributed by atoms with Crippen LogP contribution in [0.1, 0.15) is 67.9 Å². The van der Waals surface area contributed by atoms with E-state index >= 15 is 0 Å². The van der Waals surface area contributed by atoms with Crippen molar-refractivity contribution in [3.05, 3.63) is 33.5 Å². The first-order valence-electron chi connectivity index (χ1n) is 9.33. The minimum Gasteiger partial charge on any atom is -0.317 e. The Labute approximate surface area is 162 Å². The molecule has 0 radical (unpaired) electrons. The molecule has 2 aromatic rings. The molecule has 2 aromatic heterocycles. The summed E-state index contributed by atoms with van der Waals surface area (Å²) in [7, 11) is 1.93. The molecule has 27 heavy (non-hydrogen) atoms. The first kappa shape index (κ1) is 20.3. The monoisotopic (exact) mass is 400 g/mol. The van der Waals surface area contributed by atoms with Gasteiger partial charge in [-0.3, -0.25) is 0 Å². The molecule has 8 heteroatoms. The fraction of sp³-hybridized carbons (Fsp3) is 0.684. The van der Waals surface area contributed by atoms with Gasteiger partial charge in [0.25, 0.3) is 0 Å². The lowest BCUT2D eigenvalue weighted by atomic mass is 9.90.